The molecule has 2 atom stereocenters. The Kier molecular flexibility index (Phi) is 13.1. The molecule has 2 aromatic rings. The molecule has 48 heavy (non-hydrogen) atoms. The number of carbonyl (C=O) groups excluding carboxylic acids is 5. The van der Waals surface area contributed by atoms with Crippen molar-refractivity contribution in [2.45, 2.75) is 63.6 Å². The second kappa shape index (κ2) is 16.8. The SMILES string of the molecule is C=CCCN(C(=O)[C@H](CC=C)N(C)C(=O)OCC1c2ccccc2-c2ccccc21)[C@@H](CC(=O)OC)C(=O)N(C)CC(=O)OC(C)(C)C. The second-order valence-corrected chi connectivity index (χ2v) is 12.6. The van der Waals surface area contributed by atoms with E-state index in [1.165, 1.54) is 37.1 Å². The fourth-order valence-corrected chi connectivity index (χ4v) is 5.72. The standard InChI is InChI=1S/C37H47N3O8/c1-9-11-21-40(31(22-32(41)46-8)34(43)38(6)23-33(42)48-37(3,4)5)35(44)30(16-10-2)39(7)36(45)47-24-29-27-19-14-12-17-25(27)26-18-13-15-20-28(26)29/h9-10,12-15,17-20,29-31H,1-2,11,16,21-24H2,3-8H3/t30-,31-/m0/s1. The van der Waals surface area contributed by atoms with Crippen molar-refractivity contribution in [2.75, 3.05) is 40.9 Å². The lowest BCUT2D eigenvalue weighted by Crippen LogP contribution is -2.57. The topological polar surface area (TPSA) is 123 Å². The average molecular weight is 662 g/mol. The number of ether oxygens (including phenoxy) is 3. The van der Waals surface area contributed by atoms with Crippen molar-refractivity contribution in [2.24, 2.45) is 0 Å². The number of hydrogen-bond donors (Lipinski definition) is 0. The summed E-state index contributed by atoms with van der Waals surface area (Å²) in [5.74, 6) is -2.86. The summed E-state index contributed by atoms with van der Waals surface area (Å²) in [4.78, 5) is 70.2. The number of fused-ring (bicyclic) bond motifs is 3. The van der Waals surface area contributed by atoms with E-state index in [4.69, 9.17) is 14.2 Å². The maximum Gasteiger partial charge on any atom is 0.410 e. The lowest BCUT2D eigenvalue weighted by molar-refractivity contribution is -0.160. The van der Waals surface area contributed by atoms with Crippen molar-refractivity contribution >= 4 is 29.8 Å². The summed E-state index contributed by atoms with van der Waals surface area (Å²) in [5.41, 5.74) is 3.47. The summed E-state index contributed by atoms with van der Waals surface area (Å²) in [7, 11) is 4.01. The first-order valence-electron chi connectivity index (χ1n) is 15.9. The average Bonchev–Trinajstić information content (AvgIpc) is 3.37. The molecule has 0 unspecified atom stereocenters. The highest BCUT2D eigenvalue weighted by atomic mass is 16.6. The molecule has 2 aromatic carbocycles. The van der Waals surface area contributed by atoms with E-state index in [1.807, 2.05) is 48.5 Å². The highest BCUT2D eigenvalue weighted by Gasteiger charge is 2.40. The molecule has 3 rings (SSSR count). The molecule has 11 nitrogen and oxygen atoms in total. The van der Waals surface area contributed by atoms with Gasteiger partial charge < -0.3 is 24.0 Å². The summed E-state index contributed by atoms with van der Waals surface area (Å²) in [6, 6.07) is 13.5. The molecule has 0 aliphatic heterocycles. The van der Waals surface area contributed by atoms with Crippen LogP contribution in [0.4, 0.5) is 4.79 Å². The summed E-state index contributed by atoms with van der Waals surface area (Å²) in [6.45, 7) is 12.3. The van der Waals surface area contributed by atoms with Gasteiger partial charge in [0.2, 0.25) is 11.8 Å². The molecule has 3 amide bonds. The van der Waals surface area contributed by atoms with E-state index < -0.39 is 60.5 Å². The van der Waals surface area contributed by atoms with Gasteiger partial charge in [-0.1, -0.05) is 60.7 Å². The van der Waals surface area contributed by atoms with E-state index in [1.54, 1.807) is 26.8 Å². The van der Waals surface area contributed by atoms with Crippen LogP contribution in [0, 0.1) is 0 Å². The van der Waals surface area contributed by atoms with Gasteiger partial charge in [0.05, 0.1) is 13.5 Å². The number of benzene rings is 2. The third-order valence-corrected chi connectivity index (χ3v) is 8.04. The molecular weight excluding hydrogens is 614 g/mol. The first-order valence-corrected chi connectivity index (χ1v) is 15.9. The van der Waals surface area contributed by atoms with Gasteiger partial charge in [0.15, 0.2) is 0 Å². The van der Waals surface area contributed by atoms with E-state index in [-0.39, 0.29) is 31.9 Å². The number of carbonyl (C=O) groups is 5. The molecule has 0 saturated heterocycles. The Morgan fingerprint density at radius 1 is 0.854 bits per heavy atom. The predicted octanol–water partition coefficient (Wildman–Crippen LogP) is 4.95. The van der Waals surface area contributed by atoms with Crippen LogP contribution < -0.4 is 0 Å². The summed E-state index contributed by atoms with van der Waals surface area (Å²) >= 11 is 0. The van der Waals surface area contributed by atoms with Gasteiger partial charge in [0.1, 0.15) is 30.8 Å². The first kappa shape index (κ1) is 37.5. The van der Waals surface area contributed by atoms with E-state index in [2.05, 4.69) is 13.2 Å². The second-order valence-electron chi connectivity index (χ2n) is 12.6. The van der Waals surface area contributed by atoms with Crippen LogP contribution in [-0.2, 0) is 33.4 Å². The van der Waals surface area contributed by atoms with Crippen LogP contribution in [-0.4, -0.2) is 103 Å². The van der Waals surface area contributed by atoms with Crippen LogP contribution >= 0.6 is 0 Å². The number of nitrogens with zero attached hydrogens (tertiary/aromatic N) is 3. The molecular formula is C37H47N3O8. The van der Waals surface area contributed by atoms with E-state index >= 15 is 0 Å². The summed E-state index contributed by atoms with van der Waals surface area (Å²) in [6.07, 6.45) is 2.17. The molecule has 0 bridgehead atoms. The minimum Gasteiger partial charge on any atom is -0.469 e. The van der Waals surface area contributed by atoms with E-state index in [0.29, 0.717) is 0 Å². The fraction of sp³-hybridized carbons (Fsp3) is 0.432. The Morgan fingerprint density at radius 2 is 1.44 bits per heavy atom. The highest BCUT2D eigenvalue weighted by Crippen LogP contribution is 2.44. The zero-order valence-electron chi connectivity index (χ0n) is 28.8. The van der Waals surface area contributed by atoms with Gasteiger partial charge in [-0.15, -0.1) is 13.2 Å². The summed E-state index contributed by atoms with van der Waals surface area (Å²) < 4.78 is 16.0. The number of methoxy groups -OCH3 is 1. The number of rotatable bonds is 15. The lowest BCUT2D eigenvalue weighted by Gasteiger charge is -2.37. The number of esters is 2. The molecule has 0 saturated carbocycles. The molecule has 11 heteroatoms. The molecule has 0 spiro atoms. The van der Waals surface area contributed by atoms with Gasteiger partial charge in [-0.25, -0.2) is 4.79 Å². The van der Waals surface area contributed by atoms with Crippen molar-refractivity contribution in [3.05, 3.63) is 85.0 Å². The Bertz CT molecular complexity index is 1470. The van der Waals surface area contributed by atoms with Crippen LogP contribution in [0.1, 0.15) is 57.1 Å². The van der Waals surface area contributed by atoms with Gasteiger partial charge in [-0.3, -0.25) is 24.1 Å². The quantitative estimate of drug-likeness (QED) is 0.149. The van der Waals surface area contributed by atoms with Gasteiger partial charge in [-0.05, 0) is 55.9 Å². The Labute approximate surface area is 283 Å². The van der Waals surface area contributed by atoms with Crippen LogP contribution in [0.25, 0.3) is 11.1 Å². The third-order valence-electron chi connectivity index (χ3n) is 8.04. The van der Waals surface area contributed by atoms with Crippen molar-refractivity contribution < 1.29 is 38.2 Å². The molecule has 0 N–H and O–H groups in total. The third kappa shape index (κ3) is 9.33. The lowest BCUT2D eigenvalue weighted by atomic mass is 9.98. The molecule has 258 valence electrons. The van der Waals surface area contributed by atoms with Crippen molar-refractivity contribution in [3.63, 3.8) is 0 Å². The molecule has 0 aromatic heterocycles. The summed E-state index contributed by atoms with van der Waals surface area (Å²) in [5, 5.41) is 0. The zero-order valence-corrected chi connectivity index (χ0v) is 28.8. The highest BCUT2D eigenvalue weighted by molar-refractivity contribution is 5.94. The van der Waals surface area contributed by atoms with Crippen molar-refractivity contribution in [1.82, 2.24) is 14.7 Å². The molecule has 0 heterocycles. The fourth-order valence-electron chi connectivity index (χ4n) is 5.72. The van der Waals surface area contributed by atoms with E-state index in [9.17, 15) is 24.0 Å². The van der Waals surface area contributed by atoms with E-state index in [0.717, 1.165) is 27.2 Å². The van der Waals surface area contributed by atoms with Crippen molar-refractivity contribution in [1.29, 1.82) is 0 Å². The first-order chi connectivity index (χ1) is 22.7. The monoisotopic (exact) mass is 661 g/mol. The largest absolute Gasteiger partial charge is 0.469 e. The van der Waals surface area contributed by atoms with Gasteiger partial charge in [0, 0.05) is 26.6 Å². The Morgan fingerprint density at radius 3 is 1.96 bits per heavy atom. The van der Waals surface area contributed by atoms with Crippen LogP contribution in [0.2, 0.25) is 0 Å². The molecule has 1 aliphatic rings. The molecule has 1 aliphatic carbocycles. The van der Waals surface area contributed by atoms with Gasteiger partial charge >= 0.3 is 18.0 Å². The van der Waals surface area contributed by atoms with Gasteiger partial charge in [-0.2, -0.15) is 0 Å². The smallest absolute Gasteiger partial charge is 0.410 e. The minimum absolute atomic E-state index is 0.00217. The van der Waals surface area contributed by atoms with Gasteiger partial charge in [0.25, 0.3) is 0 Å². The molecule has 0 fully saturated rings. The Balaban J connectivity index is 1.86. The normalized spacial score (nSPS) is 13.2. The van der Waals surface area contributed by atoms with Crippen molar-refractivity contribution in [3.8, 4) is 11.1 Å². The number of likely N-dealkylation sites (N-methyl/N-ethyl adjacent to an activating group) is 2. The minimum atomic E-state index is -1.35. The molecule has 0 radical (unpaired) electrons. The number of amides is 3. The predicted molar refractivity (Wildman–Crippen MR) is 182 cm³/mol. The van der Waals surface area contributed by atoms with Crippen LogP contribution in [0.3, 0.4) is 0 Å². The zero-order chi connectivity index (χ0) is 35.6. The number of hydrogen-bond acceptors (Lipinski definition) is 8. The van der Waals surface area contributed by atoms with Crippen LogP contribution in [0.5, 0.6) is 0 Å². The maximum absolute atomic E-state index is 14.3. The van der Waals surface area contributed by atoms with Crippen LogP contribution in [0.15, 0.2) is 73.8 Å². The maximum atomic E-state index is 14.3. The Hall–Kier alpha value is -4.93.